The van der Waals surface area contributed by atoms with Crippen molar-refractivity contribution in [3.8, 4) is 0 Å². The van der Waals surface area contributed by atoms with Crippen molar-refractivity contribution in [3.05, 3.63) is 21.9 Å². The summed E-state index contributed by atoms with van der Waals surface area (Å²) in [6, 6.07) is 2.70. The van der Waals surface area contributed by atoms with Crippen molar-refractivity contribution < 1.29 is 4.79 Å². The molecular weight excluding hydrogens is 258 g/mol. The fourth-order valence-corrected chi connectivity index (χ4v) is 3.71. The van der Waals surface area contributed by atoms with Gasteiger partial charge in [-0.1, -0.05) is 0 Å². The van der Waals surface area contributed by atoms with Crippen LogP contribution in [0.3, 0.4) is 0 Å². The van der Waals surface area contributed by atoms with E-state index in [9.17, 15) is 4.79 Å². The van der Waals surface area contributed by atoms with Crippen LogP contribution < -0.4 is 5.73 Å². The number of nitrogens with two attached hydrogens (primary N) is 1. The summed E-state index contributed by atoms with van der Waals surface area (Å²) in [4.78, 5) is 17.4. The number of carbonyl (C=O) groups is 1. The molecule has 0 aliphatic carbocycles. The van der Waals surface area contributed by atoms with Gasteiger partial charge in [0.25, 0.3) is 0 Å². The van der Waals surface area contributed by atoms with Crippen molar-refractivity contribution in [2.45, 2.75) is 31.8 Å². The highest BCUT2D eigenvalue weighted by Crippen LogP contribution is 2.34. The smallest absolute Gasteiger partial charge is 0.223 e. The van der Waals surface area contributed by atoms with Crippen LogP contribution in [0.4, 0.5) is 0 Å². The van der Waals surface area contributed by atoms with E-state index in [1.165, 1.54) is 10.4 Å². The highest BCUT2D eigenvalue weighted by Gasteiger charge is 2.30. The lowest BCUT2D eigenvalue weighted by Crippen LogP contribution is -2.47. The number of amides is 1. The van der Waals surface area contributed by atoms with E-state index in [0.717, 1.165) is 13.0 Å². The Morgan fingerprint density at radius 2 is 2.37 bits per heavy atom. The lowest BCUT2D eigenvalue weighted by atomic mass is 9.98. The summed E-state index contributed by atoms with van der Waals surface area (Å²) in [5.41, 5.74) is 7.31. The molecule has 1 aliphatic rings. The average molecular weight is 281 g/mol. The van der Waals surface area contributed by atoms with Crippen molar-refractivity contribution in [1.82, 2.24) is 9.80 Å². The summed E-state index contributed by atoms with van der Waals surface area (Å²) < 4.78 is 0. The predicted octanol–water partition coefficient (Wildman–Crippen LogP) is 1.47. The first-order chi connectivity index (χ1) is 9.04. The summed E-state index contributed by atoms with van der Waals surface area (Å²) in [5.74, 6) is 0.152. The molecule has 106 valence electrons. The molecule has 0 saturated heterocycles. The molecule has 0 bridgehead atoms. The van der Waals surface area contributed by atoms with E-state index in [0.29, 0.717) is 19.0 Å². The van der Waals surface area contributed by atoms with E-state index < -0.39 is 0 Å². The topological polar surface area (TPSA) is 49.6 Å². The standard InChI is InChI=1S/C14H23N3OS/c1-10-12-5-7-19-13(12)4-6-17(10)11(9-15)8-14(18)16(2)3/h5,7,10-11H,4,6,8-9,15H2,1-3H3. The van der Waals surface area contributed by atoms with Gasteiger partial charge in [0.15, 0.2) is 0 Å². The Hall–Kier alpha value is -0.910. The van der Waals surface area contributed by atoms with Gasteiger partial charge in [-0.3, -0.25) is 9.69 Å². The van der Waals surface area contributed by atoms with Gasteiger partial charge in [0.1, 0.15) is 0 Å². The second-order valence-electron chi connectivity index (χ2n) is 5.34. The molecule has 1 aromatic heterocycles. The fraction of sp³-hybridized carbons (Fsp3) is 0.643. The Bertz CT molecular complexity index is 444. The molecule has 2 N–H and O–H groups in total. The minimum Gasteiger partial charge on any atom is -0.349 e. The van der Waals surface area contributed by atoms with Gasteiger partial charge < -0.3 is 10.6 Å². The van der Waals surface area contributed by atoms with E-state index in [2.05, 4.69) is 23.3 Å². The highest BCUT2D eigenvalue weighted by molar-refractivity contribution is 7.10. The van der Waals surface area contributed by atoms with Crippen LogP contribution in [0.2, 0.25) is 0 Å². The van der Waals surface area contributed by atoms with Crippen LogP contribution in [0.1, 0.15) is 29.8 Å². The lowest BCUT2D eigenvalue weighted by molar-refractivity contribution is -0.130. The van der Waals surface area contributed by atoms with Gasteiger partial charge in [0, 0.05) is 50.6 Å². The minimum atomic E-state index is 0.137. The molecule has 5 heteroatoms. The van der Waals surface area contributed by atoms with Crippen molar-refractivity contribution in [2.24, 2.45) is 5.73 Å². The molecular formula is C14H23N3OS. The van der Waals surface area contributed by atoms with Crippen molar-refractivity contribution in [1.29, 1.82) is 0 Å². The second kappa shape index (κ2) is 6.03. The van der Waals surface area contributed by atoms with Crippen LogP contribution in [-0.4, -0.2) is 48.9 Å². The molecule has 0 saturated carbocycles. The number of nitrogens with zero attached hydrogens (tertiary/aromatic N) is 2. The Labute approximate surface area is 119 Å². The van der Waals surface area contributed by atoms with Crippen molar-refractivity contribution >= 4 is 17.2 Å². The van der Waals surface area contributed by atoms with Crippen molar-refractivity contribution in [3.63, 3.8) is 0 Å². The van der Waals surface area contributed by atoms with Crippen LogP contribution in [0.5, 0.6) is 0 Å². The third kappa shape index (κ3) is 2.99. The Balaban J connectivity index is 2.10. The molecule has 19 heavy (non-hydrogen) atoms. The summed E-state index contributed by atoms with van der Waals surface area (Å²) in [6.45, 7) is 3.74. The Morgan fingerprint density at radius 3 is 3.00 bits per heavy atom. The number of rotatable bonds is 4. The molecule has 1 aromatic rings. The molecule has 2 atom stereocenters. The zero-order valence-electron chi connectivity index (χ0n) is 11.9. The first-order valence-corrected chi connectivity index (χ1v) is 7.64. The number of thiophene rings is 1. The minimum absolute atomic E-state index is 0.137. The van der Waals surface area contributed by atoms with Crippen LogP contribution >= 0.6 is 11.3 Å². The maximum Gasteiger partial charge on any atom is 0.223 e. The van der Waals surface area contributed by atoms with Gasteiger partial charge in [-0.2, -0.15) is 0 Å². The third-order valence-electron chi connectivity index (χ3n) is 3.97. The largest absolute Gasteiger partial charge is 0.349 e. The van der Waals surface area contributed by atoms with E-state index in [1.807, 2.05) is 11.3 Å². The second-order valence-corrected chi connectivity index (χ2v) is 6.35. The number of fused-ring (bicyclic) bond motifs is 1. The Kier molecular flexibility index (Phi) is 4.60. The van der Waals surface area contributed by atoms with Crippen LogP contribution in [0.15, 0.2) is 11.4 Å². The predicted molar refractivity (Wildman–Crippen MR) is 79.3 cm³/mol. The van der Waals surface area contributed by atoms with Crippen LogP contribution in [0, 0.1) is 0 Å². The van der Waals surface area contributed by atoms with Crippen molar-refractivity contribution in [2.75, 3.05) is 27.2 Å². The molecule has 1 amide bonds. The Morgan fingerprint density at radius 1 is 1.63 bits per heavy atom. The van der Waals surface area contributed by atoms with Gasteiger partial charge in [-0.05, 0) is 30.4 Å². The normalized spacial score (nSPS) is 20.9. The average Bonchev–Trinajstić information content (AvgIpc) is 2.85. The molecule has 2 rings (SSSR count). The van der Waals surface area contributed by atoms with Gasteiger partial charge in [0.05, 0.1) is 0 Å². The zero-order valence-corrected chi connectivity index (χ0v) is 12.7. The lowest BCUT2D eigenvalue weighted by Gasteiger charge is -2.39. The number of carbonyl (C=O) groups excluding carboxylic acids is 1. The maximum absolute atomic E-state index is 11.9. The molecule has 1 aliphatic heterocycles. The van der Waals surface area contributed by atoms with Gasteiger partial charge >= 0.3 is 0 Å². The fourth-order valence-electron chi connectivity index (χ4n) is 2.75. The molecule has 0 spiro atoms. The first kappa shape index (κ1) is 14.5. The van der Waals surface area contributed by atoms with Crippen LogP contribution in [0.25, 0.3) is 0 Å². The maximum atomic E-state index is 11.9. The SMILES string of the molecule is CC1c2ccsc2CCN1C(CN)CC(=O)N(C)C. The zero-order chi connectivity index (χ0) is 14.0. The molecule has 4 nitrogen and oxygen atoms in total. The van der Waals surface area contributed by atoms with E-state index in [4.69, 9.17) is 5.73 Å². The summed E-state index contributed by atoms with van der Waals surface area (Å²) in [6.07, 6.45) is 1.58. The molecule has 2 unspecified atom stereocenters. The molecule has 0 aromatic carbocycles. The molecule has 0 fully saturated rings. The molecule has 2 heterocycles. The van der Waals surface area contributed by atoms with Gasteiger partial charge in [-0.15, -0.1) is 11.3 Å². The van der Waals surface area contributed by atoms with E-state index in [1.54, 1.807) is 19.0 Å². The first-order valence-electron chi connectivity index (χ1n) is 6.76. The summed E-state index contributed by atoms with van der Waals surface area (Å²) in [7, 11) is 3.60. The highest BCUT2D eigenvalue weighted by atomic mass is 32.1. The van der Waals surface area contributed by atoms with Crippen LogP contribution in [-0.2, 0) is 11.2 Å². The number of hydrogen-bond acceptors (Lipinski definition) is 4. The van der Waals surface area contributed by atoms with Gasteiger partial charge in [0.2, 0.25) is 5.91 Å². The summed E-state index contributed by atoms with van der Waals surface area (Å²) >= 11 is 1.84. The monoisotopic (exact) mass is 281 g/mol. The third-order valence-corrected chi connectivity index (χ3v) is 4.97. The quantitative estimate of drug-likeness (QED) is 0.909. The van der Waals surface area contributed by atoms with E-state index >= 15 is 0 Å². The van der Waals surface area contributed by atoms with Gasteiger partial charge in [-0.25, -0.2) is 0 Å². The molecule has 0 radical (unpaired) electrons. The summed E-state index contributed by atoms with van der Waals surface area (Å²) in [5, 5.41) is 2.16. The number of hydrogen-bond donors (Lipinski definition) is 1. The van der Waals surface area contributed by atoms with E-state index in [-0.39, 0.29) is 11.9 Å².